The van der Waals surface area contributed by atoms with E-state index in [9.17, 15) is 18.3 Å². The molecule has 0 aromatic carbocycles. The summed E-state index contributed by atoms with van der Waals surface area (Å²) in [7, 11) is -4.71. The summed E-state index contributed by atoms with van der Waals surface area (Å²) in [4.78, 5) is 11.0. The van der Waals surface area contributed by atoms with E-state index in [0.29, 0.717) is 0 Å². The van der Waals surface area contributed by atoms with E-state index >= 15 is 0 Å². The number of aliphatic hydroxyl groups excluding tert-OH is 2. The average Bonchev–Trinajstić information content (AvgIpc) is 2.24. The molecule has 114 valence electrons. The number of aliphatic hydroxyl groups is 2. The highest BCUT2D eigenvalue weighted by atomic mass is 32.3. The number of ether oxygens (including phenoxy) is 1. The fourth-order valence-corrected chi connectivity index (χ4v) is 1.83. The largest absolute Gasteiger partial charge is 0.397 e. The Kier molecular flexibility index (Phi) is 8.06. The minimum atomic E-state index is -4.71. The van der Waals surface area contributed by atoms with Gasteiger partial charge in [0.1, 0.15) is 12.2 Å². The molecule has 0 aromatic rings. The molecule has 9 nitrogen and oxygen atoms in total. The summed E-state index contributed by atoms with van der Waals surface area (Å²) in [5.74, 6) is -0.462. The van der Waals surface area contributed by atoms with Gasteiger partial charge in [-0.25, -0.2) is 4.18 Å². The predicted molar refractivity (Wildman–Crippen MR) is 63.6 cm³/mol. The van der Waals surface area contributed by atoms with Crippen molar-refractivity contribution in [1.82, 2.24) is 5.32 Å². The Balaban J connectivity index is 4.58. The first-order valence-corrected chi connectivity index (χ1v) is 6.83. The van der Waals surface area contributed by atoms with E-state index in [4.69, 9.17) is 14.4 Å². The summed E-state index contributed by atoms with van der Waals surface area (Å²) in [6.45, 7) is 2.02. The molecule has 0 aliphatic heterocycles. The highest BCUT2D eigenvalue weighted by Crippen LogP contribution is 2.08. The van der Waals surface area contributed by atoms with Crippen LogP contribution in [0, 0.1) is 0 Å². The SMILES string of the molecule is CC(=O)NC(COCCO)[C@@H](O)[C@H](C)OS(=O)(=O)O. The van der Waals surface area contributed by atoms with Crippen LogP contribution in [0.5, 0.6) is 0 Å². The van der Waals surface area contributed by atoms with Crippen LogP contribution >= 0.6 is 0 Å². The number of amides is 1. The van der Waals surface area contributed by atoms with Crippen LogP contribution in [0.1, 0.15) is 13.8 Å². The number of rotatable bonds is 9. The van der Waals surface area contributed by atoms with Crippen molar-refractivity contribution in [3.05, 3.63) is 0 Å². The van der Waals surface area contributed by atoms with Gasteiger partial charge in [0.2, 0.25) is 5.91 Å². The fraction of sp³-hybridized carbons (Fsp3) is 0.889. The standard InChI is InChI=1S/C9H19NO8S/c1-6(18-19(14,15)16)9(13)8(10-7(2)12)5-17-4-3-11/h6,8-9,11,13H,3-5H2,1-2H3,(H,10,12)(H,14,15,16)/t6-,8?,9-/m0/s1. The number of hydrogen-bond acceptors (Lipinski definition) is 7. The lowest BCUT2D eigenvalue weighted by atomic mass is 10.1. The summed E-state index contributed by atoms with van der Waals surface area (Å²) < 4.78 is 38.7. The molecule has 19 heavy (non-hydrogen) atoms. The van der Waals surface area contributed by atoms with Crippen LogP contribution in [0.15, 0.2) is 0 Å². The molecule has 0 radical (unpaired) electrons. The second kappa shape index (κ2) is 8.40. The van der Waals surface area contributed by atoms with Crippen molar-refractivity contribution in [3.63, 3.8) is 0 Å². The first-order valence-electron chi connectivity index (χ1n) is 5.47. The van der Waals surface area contributed by atoms with Crippen LogP contribution < -0.4 is 5.32 Å². The maximum absolute atomic E-state index is 11.0. The number of hydrogen-bond donors (Lipinski definition) is 4. The number of carbonyl (C=O) groups is 1. The molecule has 0 saturated heterocycles. The first-order chi connectivity index (χ1) is 8.67. The van der Waals surface area contributed by atoms with Gasteiger partial charge < -0.3 is 20.3 Å². The van der Waals surface area contributed by atoms with Crippen molar-refractivity contribution in [2.45, 2.75) is 32.1 Å². The molecule has 0 heterocycles. The zero-order valence-corrected chi connectivity index (χ0v) is 11.5. The molecule has 0 bridgehead atoms. The average molecular weight is 301 g/mol. The van der Waals surface area contributed by atoms with Gasteiger partial charge in [0.25, 0.3) is 0 Å². The van der Waals surface area contributed by atoms with E-state index in [1.165, 1.54) is 13.8 Å². The van der Waals surface area contributed by atoms with E-state index in [-0.39, 0.29) is 19.8 Å². The molecular weight excluding hydrogens is 282 g/mol. The van der Waals surface area contributed by atoms with Gasteiger partial charge >= 0.3 is 10.4 Å². The highest BCUT2D eigenvalue weighted by molar-refractivity contribution is 7.80. The second-order valence-corrected chi connectivity index (χ2v) is 4.87. The van der Waals surface area contributed by atoms with E-state index in [0.717, 1.165) is 0 Å². The molecule has 4 N–H and O–H groups in total. The molecule has 0 aliphatic rings. The van der Waals surface area contributed by atoms with Crippen molar-refractivity contribution in [2.75, 3.05) is 19.8 Å². The van der Waals surface area contributed by atoms with Gasteiger partial charge in [0.15, 0.2) is 0 Å². The lowest BCUT2D eigenvalue weighted by Gasteiger charge is -2.26. The number of nitrogens with one attached hydrogen (secondary N) is 1. The van der Waals surface area contributed by atoms with Crippen LogP contribution in [0.25, 0.3) is 0 Å². The Morgan fingerprint density at radius 3 is 2.42 bits per heavy atom. The van der Waals surface area contributed by atoms with Crippen LogP contribution in [0.2, 0.25) is 0 Å². The molecule has 1 amide bonds. The first kappa shape index (κ1) is 18.2. The zero-order chi connectivity index (χ0) is 15.1. The van der Waals surface area contributed by atoms with E-state index in [1.807, 2.05) is 0 Å². The smallest absolute Gasteiger partial charge is 0.394 e. The monoisotopic (exact) mass is 301 g/mol. The molecule has 0 rings (SSSR count). The number of carbonyl (C=O) groups excluding carboxylic acids is 1. The van der Waals surface area contributed by atoms with Crippen LogP contribution in [-0.4, -0.2) is 67.2 Å². The molecule has 3 atom stereocenters. The molecule has 0 spiro atoms. The quantitative estimate of drug-likeness (QED) is 0.285. The van der Waals surface area contributed by atoms with Crippen molar-refractivity contribution < 1.29 is 36.9 Å². The Bertz CT molecular complexity index is 370. The molecule has 1 unspecified atom stereocenters. The van der Waals surface area contributed by atoms with E-state index < -0.39 is 34.6 Å². The Labute approximate surface area is 111 Å². The van der Waals surface area contributed by atoms with Crippen LogP contribution in [0.3, 0.4) is 0 Å². The third-order valence-corrected chi connectivity index (χ3v) is 2.64. The summed E-state index contributed by atoms with van der Waals surface area (Å²) >= 11 is 0. The highest BCUT2D eigenvalue weighted by Gasteiger charge is 2.29. The predicted octanol–water partition coefficient (Wildman–Crippen LogP) is -1.93. The third-order valence-electron chi connectivity index (χ3n) is 2.09. The van der Waals surface area contributed by atoms with Crippen LogP contribution in [-0.2, 0) is 24.1 Å². The maximum Gasteiger partial charge on any atom is 0.397 e. The third kappa shape index (κ3) is 8.86. The minimum Gasteiger partial charge on any atom is -0.394 e. The summed E-state index contributed by atoms with van der Waals surface area (Å²) in [6.07, 6.45) is -2.71. The molecule has 0 saturated carbocycles. The minimum absolute atomic E-state index is 0.00363. The van der Waals surface area contributed by atoms with E-state index in [2.05, 4.69) is 9.50 Å². The fourth-order valence-electron chi connectivity index (χ4n) is 1.34. The lowest BCUT2D eigenvalue weighted by Crippen LogP contribution is -2.50. The van der Waals surface area contributed by atoms with E-state index in [1.54, 1.807) is 0 Å². The molecule has 10 heteroatoms. The van der Waals surface area contributed by atoms with Crippen molar-refractivity contribution in [1.29, 1.82) is 0 Å². The van der Waals surface area contributed by atoms with Gasteiger partial charge in [0, 0.05) is 6.92 Å². The molecule has 0 fully saturated rings. The topological polar surface area (TPSA) is 142 Å². The van der Waals surface area contributed by atoms with Crippen molar-refractivity contribution in [2.24, 2.45) is 0 Å². The summed E-state index contributed by atoms with van der Waals surface area (Å²) in [6, 6.07) is -0.944. The van der Waals surface area contributed by atoms with Crippen molar-refractivity contribution in [3.8, 4) is 0 Å². The van der Waals surface area contributed by atoms with Gasteiger partial charge in [-0.15, -0.1) is 0 Å². The molecule has 0 aromatic heterocycles. The normalized spacial score (nSPS) is 16.7. The van der Waals surface area contributed by atoms with Gasteiger partial charge in [0.05, 0.1) is 25.9 Å². The van der Waals surface area contributed by atoms with Gasteiger partial charge in [-0.05, 0) is 6.92 Å². The lowest BCUT2D eigenvalue weighted by molar-refractivity contribution is -0.122. The van der Waals surface area contributed by atoms with Gasteiger partial charge in [-0.1, -0.05) is 0 Å². The Morgan fingerprint density at radius 2 is 2.00 bits per heavy atom. The Morgan fingerprint density at radius 1 is 1.42 bits per heavy atom. The zero-order valence-electron chi connectivity index (χ0n) is 10.6. The summed E-state index contributed by atoms with van der Waals surface area (Å²) in [5, 5.41) is 20.7. The summed E-state index contributed by atoms with van der Waals surface area (Å²) in [5.41, 5.74) is 0. The van der Waals surface area contributed by atoms with Crippen molar-refractivity contribution >= 4 is 16.3 Å². The Hall–Kier alpha value is -0.780. The van der Waals surface area contributed by atoms with Gasteiger partial charge in [-0.2, -0.15) is 8.42 Å². The second-order valence-electron chi connectivity index (χ2n) is 3.83. The molecular formula is C9H19NO8S. The van der Waals surface area contributed by atoms with Crippen LogP contribution in [0.4, 0.5) is 0 Å². The molecule has 0 aliphatic carbocycles. The maximum atomic E-state index is 11.0. The van der Waals surface area contributed by atoms with Gasteiger partial charge in [-0.3, -0.25) is 9.35 Å².